The van der Waals surface area contributed by atoms with Gasteiger partial charge in [0, 0.05) is 30.2 Å². The van der Waals surface area contributed by atoms with Crippen LogP contribution in [0.2, 0.25) is 0 Å². The van der Waals surface area contributed by atoms with Crippen molar-refractivity contribution in [1.29, 1.82) is 0 Å². The van der Waals surface area contributed by atoms with Crippen molar-refractivity contribution in [2.24, 2.45) is 0 Å². The van der Waals surface area contributed by atoms with Gasteiger partial charge in [-0.3, -0.25) is 4.68 Å². The van der Waals surface area contributed by atoms with Gasteiger partial charge in [0.25, 0.3) is 0 Å². The fourth-order valence-corrected chi connectivity index (χ4v) is 3.11. The minimum atomic E-state index is 0.468. The number of aryl methyl sites for hydroxylation is 1. The fraction of sp³-hybridized carbons (Fsp3) is 0.533. The van der Waals surface area contributed by atoms with Crippen LogP contribution >= 0.6 is 11.3 Å². The average Bonchev–Trinajstić information content (AvgIpc) is 3.06. The third-order valence-corrected chi connectivity index (χ3v) is 4.22. The average molecular weight is 277 g/mol. The van der Waals surface area contributed by atoms with E-state index in [9.17, 15) is 0 Å². The van der Waals surface area contributed by atoms with Crippen molar-refractivity contribution < 1.29 is 0 Å². The first kappa shape index (κ1) is 14.3. The van der Waals surface area contributed by atoms with Crippen LogP contribution in [0, 0.1) is 0 Å². The molecule has 19 heavy (non-hydrogen) atoms. The molecule has 2 aromatic heterocycles. The first-order chi connectivity index (χ1) is 9.35. The second-order valence-corrected chi connectivity index (χ2v) is 5.76. The molecule has 0 fully saturated rings. The largest absolute Gasteiger partial charge is 0.304 e. The van der Waals surface area contributed by atoms with Crippen LogP contribution in [0.3, 0.4) is 0 Å². The monoisotopic (exact) mass is 277 g/mol. The fourth-order valence-electron chi connectivity index (χ4n) is 2.27. The Morgan fingerprint density at radius 2 is 2.21 bits per heavy atom. The number of rotatable bonds is 8. The van der Waals surface area contributed by atoms with E-state index in [4.69, 9.17) is 0 Å². The SMILES string of the molecule is CCCC(NCc1ccnn1CCC)c1cccs1. The highest BCUT2D eigenvalue weighted by Crippen LogP contribution is 2.23. The summed E-state index contributed by atoms with van der Waals surface area (Å²) in [5.74, 6) is 0. The molecule has 1 atom stereocenters. The molecular weight excluding hydrogens is 254 g/mol. The molecule has 0 radical (unpaired) electrons. The van der Waals surface area contributed by atoms with Gasteiger partial charge in [0.1, 0.15) is 0 Å². The maximum Gasteiger partial charge on any atom is 0.0522 e. The topological polar surface area (TPSA) is 29.9 Å². The lowest BCUT2D eigenvalue weighted by atomic mass is 10.1. The molecule has 2 rings (SSSR count). The highest BCUT2D eigenvalue weighted by molar-refractivity contribution is 7.10. The number of hydrogen-bond donors (Lipinski definition) is 1. The van der Waals surface area contributed by atoms with Crippen molar-refractivity contribution in [2.45, 2.75) is 52.2 Å². The summed E-state index contributed by atoms with van der Waals surface area (Å²) in [6, 6.07) is 6.93. The van der Waals surface area contributed by atoms with E-state index in [1.54, 1.807) is 0 Å². The maximum absolute atomic E-state index is 4.37. The molecule has 0 bridgehead atoms. The van der Waals surface area contributed by atoms with Crippen molar-refractivity contribution in [2.75, 3.05) is 0 Å². The second kappa shape index (κ2) is 7.46. The van der Waals surface area contributed by atoms with Crippen molar-refractivity contribution in [1.82, 2.24) is 15.1 Å². The molecular formula is C15H23N3S. The molecule has 4 heteroatoms. The first-order valence-corrected chi connectivity index (χ1v) is 8.00. The second-order valence-electron chi connectivity index (χ2n) is 4.78. The molecule has 0 aliphatic rings. The molecule has 2 aromatic rings. The summed E-state index contributed by atoms with van der Waals surface area (Å²) in [7, 11) is 0. The van der Waals surface area contributed by atoms with Crippen LogP contribution in [-0.2, 0) is 13.1 Å². The van der Waals surface area contributed by atoms with Crippen molar-refractivity contribution in [3.8, 4) is 0 Å². The Bertz CT molecular complexity index is 461. The van der Waals surface area contributed by atoms with Crippen molar-refractivity contribution in [3.63, 3.8) is 0 Å². The van der Waals surface area contributed by atoms with Gasteiger partial charge in [-0.15, -0.1) is 11.3 Å². The lowest BCUT2D eigenvalue weighted by Crippen LogP contribution is -2.22. The molecule has 3 nitrogen and oxygen atoms in total. The van der Waals surface area contributed by atoms with Gasteiger partial charge in [-0.05, 0) is 30.4 Å². The third-order valence-electron chi connectivity index (χ3n) is 3.23. The van der Waals surface area contributed by atoms with Gasteiger partial charge >= 0.3 is 0 Å². The van der Waals surface area contributed by atoms with Crippen molar-refractivity contribution >= 4 is 11.3 Å². The van der Waals surface area contributed by atoms with E-state index in [1.807, 2.05) is 17.5 Å². The highest BCUT2D eigenvalue weighted by Gasteiger charge is 2.12. The van der Waals surface area contributed by atoms with Crippen LogP contribution in [0.1, 0.15) is 49.7 Å². The number of thiophene rings is 1. The third kappa shape index (κ3) is 3.91. The predicted molar refractivity (Wildman–Crippen MR) is 81.3 cm³/mol. The van der Waals surface area contributed by atoms with Crippen LogP contribution in [0.25, 0.3) is 0 Å². The molecule has 0 saturated carbocycles. The Balaban J connectivity index is 1.96. The molecule has 0 aliphatic carbocycles. The van der Waals surface area contributed by atoms with E-state index in [1.165, 1.54) is 23.4 Å². The predicted octanol–water partition coefficient (Wildman–Crippen LogP) is 3.99. The molecule has 1 N–H and O–H groups in total. The van der Waals surface area contributed by atoms with Crippen LogP contribution < -0.4 is 5.32 Å². The first-order valence-electron chi connectivity index (χ1n) is 7.12. The van der Waals surface area contributed by atoms with Crippen LogP contribution in [0.4, 0.5) is 0 Å². The summed E-state index contributed by atoms with van der Waals surface area (Å²) >= 11 is 1.84. The molecule has 0 saturated heterocycles. The van der Waals surface area contributed by atoms with E-state index in [-0.39, 0.29) is 0 Å². The minimum Gasteiger partial charge on any atom is -0.304 e. The summed E-state index contributed by atoms with van der Waals surface area (Å²) in [6.45, 7) is 6.32. The molecule has 0 spiro atoms. The number of aromatic nitrogens is 2. The van der Waals surface area contributed by atoms with E-state index >= 15 is 0 Å². The summed E-state index contributed by atoms with van der Waals surface area (Å²) < 4.78 is 2.10. The van der Waals surface area contributed by atoms with E-state index in [2.05, 4.69) is 52.5 Å². The molecule has 1 unspecified atom stereocenters. The van der Waals surface area contributed by atoms with Crippen LogP contribution in [0.15, 0.2) is 29.8 Å². The quantitative estimate of drug-likeness (QED) is 0.791. The summed E-state index contributed by atoms with van der Waals surface area (Å²) in [6.07, 6.45) is 5.40. The van der Waals surface area contributed by atoms with Gasteiger partial charge < -0.3 is 5.32 Å². The molecule has 0 aromatic carbocycles. The number of nitrogens with one attached hydrogen (secondary N) is 1. The Hall–Kier alpha value is -1.13. The van der Waals surface area contributed by atoms with Gasteiger partial charge in [-0.1, -0.05) is 26.3 Å². The van der Waals surface area contributed by atoms with E-state index in [0.717, 1.165) is 19.5 Å². The van der Waals surface area contributed by atoms with Gasteiger partial charge in [0.05, 0.1) is 5.69 Å². The highest BCUT2D eigenvalue weighted by atomic mass is 32.1. The summed E-state index contributed by atoms with van der Waals surface area (Å²) in [5.41, 5.74) is 1.28. The number of hydrogen-bond acceptors (Lipinski definition) is 3. The zero-order valence-corrected chi connectivity index (χ0v) is 12.6. The lowest BCUT2D eigenvalue weighted by Gasteiger charge is -2.17. The molecule has 0 aliphatic heterocycles. The summed E-state index contributed by atoms with van der Waals surface area (Å²) in [5, 5.41) is 10.2. The zero-order valence-electron chi connectivity index (χ0n) is 11.8. The Labute approximate surface area is 119 Å². The maximum atomic E-state index is 4.37. The molecule has 2 heterocycles. The van der Waals surface area contributed by atoms with Gasteiger partial charge in [0.2, 0.25) is 0 Å². The van der Waals surface area contributed by atoms with Gasteiger partial charge in [-0.2, -0.15) is 5.10 Å². The standard InChI is InChI=1S/C15H23N3S/c1-3-6-14(15-7-5-11-19-15)16-12-13-8-9-17-18(13)10-4-2/h5,7-9,11,14,16H,3-4,6,10,12H2,1-2H3. The smallest absolute Gasteiger partial charge is 0.0522 e. The lowest BCUT2D eigenvalue weighted by molar-refractivity contribution is 0.475. The normalized spacial score (nSPS) is 12.7. The molecule has 104 valence electrons. The van der Waals surface area contributed by atoms with Crippen LogP contribution in [-0.4, -0.2) is 9.78 Å². The van der Waals surface area contributed by atoms with Crippen LogP contribution in [0.5, 0.6) is 0 Å². The Morgan fingerprint density at radius 3 is 2.89 bits per heavy atom. The molecule has 0 amide bonds. The minimum absolute atomic E-state index is 0.468. The Morgan fingerprint density at radius 1 is 1.32 bits per heavy atom. The number of nitrogens with zero attached hydrogens (tertiary/aromatic N) is 2. The Kier molecular flexibility index (Phi) is 5.61. The van der Waals surface area contributed by atoms with Gasteiger partial charge in [-0.25, -0.2) is 0 Å². The zero-order chi connectivity index (χ0) is 13.5. The van der Waals surface area contributed by atoms with E-state index in [0.29, 0.717) is 6.04 Å². The van der Waals surface area contributed by atoms with E-state index < -0.39 is 0 Å². The van der Waals surface area contributed by atoms with Crippen molar-refractivity contribution in [3.05, 3.63) is 40.3 Å². The summed E-state index contributed by atoms with van der Waals surface area (Å²) in [4.78, 5) is 1.43. The van der Waals surface area contributed by atoms with Gasteiger partial charge in [0.15, 0.2) is 0 Å².